The van der Waals surface area contributed by atoms with Gasteiger partial charge in [0, 0.05) is 6.04 Å². The molecule has 2 N–H and O–H groups in total. The Labute approximate surface area is 113 Å². The third kappa shape index (κ3) is 3.94. The van der Waals surface area contributed by atoms with E-state index >= 15 is 0 Å². The highest BCUT2D eigenvalue weighted by atomic mass is 19.1. The normalized spacial score (nSPS) is 12.8. The third-order valence-electron chi connectivity index (χ3n) is 3.32. The Morgan fingerprint density at radius 2 is 2.16 bits per heavy atom. The van der Waals surface area contributed by atoms with Crippen molar-refractivity contribution in [1.29, 1.82) is 0 Å². The van der Waals surface area contributed by atoms with E-state index in [0.717, 1.165) is 23.4 Å². The Morgan fingerprint density at radius 1 is 1.32 bits per heavy atom. The molecule has 0 aliphatic rings. The van der Waals surface area contributed by atoms with E-state index in [2.05, 4.69) is 29.1 Å². The SMILES string of the molecule is CCCCCCC(C)Nc1nc2ccc(F)cc2[nH]1. The maximum absolute atomic E-state index is 13.1. The van der Waals surface area contributed by atoms with Gasteiger partial charge in [0.15, 0.2) is 0 Å². The summed E-state index contributed by atoms with van der Waals surface area (Å²) in [5.41, 5.74) is 1.53. The number of fused-ring (bicyclic) bond motifs is 1. The van der Waals surface area contributed by atoms with E-state index in [-0.39, 0.29) is 5.82 Å². The highest BCUT2D eigenvalue weighted by Gasteiger charge is 2.07. The van der Waals surface area contributed by atoms with Crippen LogP contribution < -0.4 is 5.32 Å². The molecule has 0 spiro atoms. The molecule has 1 unspecified atom stereocenters. The van der Waals surface area contributed by atoms with Crippen molar-refractivity contribution in [1.82, 2.24) is 9.97 Å². The highest BCUT2D eigenvalue weighted by molar-refractivity contribution is 5.77. The molecule has 0 bridgehead atoms. The van der Waals surface area contributed by atoms with Gasteiger partial charge in [0.05, 0.1) is 11.0 Å². The summed E-state index contributed by atoms with van der Waals surface area (Å²) in [6, 6.07) is 4.97. The second-order valence-electron chi connectivity index (χ2n) is 5.14. The number of rotatable bonds is 7. The molecular formula is C15H22FN3. The first-order chi connectivity index (χ1) is 9.19. The second-order valence-corrected chi connectivity index (χ2v) is 5.14. The molecule has 0 saturated carbocycles. The molecule has 1 aromatic carbocycles. The number of H-pyrrole nitrogens is 1. The lowest BCUT2D eigenvalue weighted by atomic mass is 10.1. The number of imidazole rings is 1. The zero-order valence-corrected chi connectivity index (χ0v) is 11.7. The first-order valence-corrected chi connectivity index (χ1v) is 7.11. The predicted molar refractivity (Wildman–Crippen MR) is 77.9 cm³/mol. The fourth-order valence-corrected chi connectivity index (χ4v) is 2.23. The number of nitrogens with one attached hydrogen (secondary N) is 2. The molecule has 2 rings (SSSR count). The molecule has 1 aromatic heterocycles. The van der Waals surface area contributed by atoms with Crippen molar-refractivity contribution in [3.63, 3.8) is 0 Å². The Balaban J connectivity index is 1.89. The minimum Gasteiger partial charge on any atom is -0.353 e. The summed E-state index contributed by atoms with van der Waals surface area (Å²) in [7, 11) is 0. The van der Waals surface area contributed by atoms with Crippen LogP contribution >= 0.6 is 0 Å². The van der Waals surface area contributed by atoms with Crippen molar-refractivity contribution in [3.8, 4) is 0 Å². The molecule has 0 radical (unpaired) electrons. The monoisotopic (exact) mass is 263 g/mol. The number of halogens is 1. The maximum Gasteiger partial charge on any atom is 0.201 e. The zero-order valence-electron chi connectivity index (χ0n) is 11.7. The first kappa shape index (κ1) is 13.8. The van der Waals surface area contributed by atoms with Gasteiger partial charge in [0.25, 0.3) is 0 Å². The van der Waals surface area contributed by atoms with Gasteiger partial charge in [-0.2, -0.15) is 0 Å². The predicted octanol–water partition coefficient (Wildman–Crippen LogP) is 4.47. The van der Waals surface area contributed by atoms with E-state index in [1.807, 2.05) is 0 Å². The number of aromatic amines is 1. The van der Waals surface area contributed by atoms with Gasteiger partial charge in [-0.15, -0.1) is 0 Å². The number of hydrogen-bond donors (Lipinski definition) is 2. The van der Waals surface area contributed by atoms with Gasteiger partial charge in [0.2, 0.25) is 5.95 Å². The van der Waals surface area contributed by atoms with Gasteiger partial charge in [-0.3, -0.25) is 0 Å². The summed E-state index contributed by atoms with van der Waals surface area (Å²) in [6.45, 7) is 4.37. The molecular weight excluding hydrogens is 241 g/mol. The van der Waals surface area contributed by atoms with Crippen molar-refractivity contribution >= 4 is 17.0 Å². The lowest BCUT2D eigenvalue weighted by Crippen LogP contribution is -2.15. The van der Waals surface area contributed by atoms with Crippen LogP contribution in [0.4, 0.5) is 10.3 Å². The van der Waals surface area contributed by atoms with Gasteiger partial charge in [-0.25, -0.2) is 9.37 Å². The zero-order chi connectivity index (χ0) is 13.7. The fourth-order valence-electron chi connectivity index (χ4n) is 2.23. The molecule has 0 saturated heterocycles. The van der Waals surface area contributed by atoms with Crippen molar-refractivity contribution < 1.29 is 4.39 Å². The number of benzene rings is 1. The standard InChI is InChI=1S/C15H22FN3/c1-3-4-5-6-7-11(2)17-15-18-13-9-8-12(16)10-14(13)19-15/h8-11H,3-7H2,1-2H3,(H2,17,18,19). The summed E-state index contributed by atoms with van der Waals surface area (Å²) < 4.78 is 13.1. The van der Waals surface area contributed by atoms with Crippen molar-refractivity contribution in [2.45, 2.75) is 52.0 Å². The van der Waals surface area contributed by atoms with Gasteiger partial charge >= 0.3 is 0 Å². The van der Waals surface area contributed by atoms with Crippen molar-refractivity contribution in [3.05, 3.63) is 24.0 Å². The number of aromatic nitrogens is 2. The number of anilines is 1. The molecule has 0 aliphatic heterocycles. The molecule has 4 heteroatoms. The van der Waals surface area contributed by atoms with E-state index in [9.17, 15) is 4.39 Å². The maximum atomic E-state index is 13.1. The van der Waals surface area contributed by atoms with Crippen molar-refractivity contribution in [2.75, 3.05) is 5.32 Å². The summed E-state index contributed by atoms with van der Waals surface area (Å²) in [6.07, 6.45) is 6.21. The van der Waals surface area contributed by atoms with Crippen LogP contribution in [0.25, 0.3) is 11.0 Å². The van der Waals surface area contributed by atoms with Gasteiger partial charge < -0.3 is 10.3 Å². The lowest BCUT2D eigenvalue weighted by Gasteiger charge is -2.12. The quantitative estimate of drug-likeness (QED) is 0.723. The lowest BCUT2D eigenvalue weighted by molar-refractivity contribution is 0.592. The van der Waals surface area contributed by atoms with E-state index < -0.39 is 0 Å². The summed E-state index contributed by atoms with van der Waals surface area (Å²) in [5, 5.41) is 3.34. The van der Waals surface area contributed by atoms with Crippen LogP contribution in [0.1, 0.15) is 46.0 Å². The third-order valence-corrected chi connectivity index (χ3v) is 3.32. The number of unbranched alkanes of at least 4 members (excludes halogenated alkanes) is 3. The van der Waals surface area contributed by atoms with E-state index in [1.54, 1.807) is 6.07 Å². The molecule has 3 nitrogen and oxygen atoms in total. The Kier molecular flexibility index (Phi) is 4.77. The van der Waals surface area contributed by atoms with Crippen LogP contribution in [-0.4, -0.2) is 16.0 Å². The molecule has 0 fully saturated rings. The molecule has 19 heavy (non-hydrogen) atoms. The van der Waals surface area contributed by atoms with E-state index in [4.69, 9.17) is 0 Å². The van der Waals surface area contributed by atoms with E-state index in [1.165, 1.54) is 37.8 Å². The van der Waals surface area contributed by atoms with Crippen LogP contribution in [0, 0.1) is 5.82 Å². The Morgan fingerprint density at radius 3 is 2.95 bits per heavy atom. The summed E-state index contributed by atoms with van der Waals surface area (Å²) in [5.74, 6) is 0.485. The van der Waals surface area contributed by atoms with Gasteiger partial charge in [-0.1, -0.05) is 32.6 Å². The summed E-state index contributed by atoms with van der Waals surface area (Å²) in [4.78, 5) is 7.51. The van der Waals surface area contributed by atoms with Crippen LogP contribution in [0.2, 0.25) is 0 Å². The topological polar surface area (TPSA) is 40.7 Å². The minimum atomic E-state index is -0.240. The van der Waals surface area contributed by atoms with E-state index in [0.29, 0.717) is 6.04 Å². The number of nitrogens with zero attached hydrogens (tertiary/aromatic N) is 1. The summed E-state index contributed by atoms with van der Waals surface area (Å²) >= 11 is 0. The fraction of sp³-hybridized carbons (Fsp3) is 0.533. The van der Waals surface area contributed by atoms with Gasteiger partial charge in [0.1, 0.15) is 5.82 Å². The van der Waals surface area contributed by atoms with Crippen LogP contribution in [-0.2, 0) is 0 Å². The molecule has 0 amide bonds. The second kappa shape index (κ2) is 6.55. The number of hydrogen-bond acceptors (Lipinski definition) is 2. The molecule has 2 aromatic rings. The van der Waals surface area contributed by atoms with Crippen molar-refractivity contribution in [2.24, 2.45) is 0 Å². The Bertz CT molecular complexity index is 521. The van der Waals surface area contributed by atoms with Crippen LogP contribution in [0.15, 0.2) is 18.2 Å². The van der Waals surface area contributed by atoms with Crippen LogP contribution in [0.3, 0.4) is 0 Å². The average molecular weight is 263 g/mol. The smallest absolute Gasteiger partial charge is 0.201 e. The highest BCUT2D eigenvalue weighted by Crippen LogP contribution is 2.17. The Hall–Kier alpha value is -1.58. The van der Waals surface area contributed by atoms with Gasteiger partial charge in [-0.05, 0) is 31.5 Å². The largest absolute Gasteiger partial charge is 0.353 e. The molecule has 104 valence electrons. The average Bonchev–Trinajstić information content (AvgIpc) is 2.76. The first-order valence-electron chi connectivity index (χ1n) is 7.11. The molecule has 0 aliphatic carbocycles. The molecule has 1 atom stereocenters. The molecule has 1 heterocycles. The minimum absolute atomic E-state index is 0.240. The van der Waals surface area contributed by atoms with Crippen LogP contribution in [0.5, 0.6) is 0 Å².